The maximum atomic E-state index is 12.3. The molecule has 2 heterocycles. The molecule has 2 aromatic heterocycles. The van der Waals surface area contributed by atoms with Crippen LogP contribution in [0.2, 0.25) is 0 Å². The molecule has 1 amide bonds. The lowest BCUT2D eigenvalue weighted by atomic mass is 10.1. The molecule has 0 saturated heterocycles. The number of nitrogens with zero attached hydrogens (tertiary/aromatic N) is 2. The van der Waals surface area contributed by atoms with Crippen LogP contribution in [0.25, 0.3) is 10.9 Å². The molecule has 3 N–H and O–H groups in total. The molecule has 0 spiro atoms. The lowest BCUT2D eigenvalue weighted by Gasteiger charge is -2.07. The smallest absolute Gasteiger partial charge is 0.271 e. The number of anilines is 2. The number of rotatable bonds is 6. The number of H-pyrrole nitrogens is 1. The second-order valence-electron chi connectivity index (χ2n) is 6.14. The van der Waals surface area contributed by atoms with Crippen LogP contribution in [-0.2, 0) is 6.42 Å². The van der Waals surface area contributed by atoms with Gasteiger partial charge in [0, 0.05) is 29.3 Å². The number of carbonyl (C=O) groups is 1. The van der Waals surface area contributed by atoms with Gasteiger partial charge in [-0.3, -0.25) is 4.79 Å². The SMILES string of the molecule is O=C(NCCc1c[nH]c2ccccc12)c1cnc(Nc2ccccc2)cn1. The third-order valence-electron chi connectivity index (χ3n) is 4.29. The first-order valence-electron chi connectivity index (χ1n) is 8.77. The number of hydrogen-bond acceptors (Lipinski definition) is 4. The van der Waals surface area contributed by atoms with E-state index < -0.39 is 0 Å². The molecule has 134 valence electrons. The molecule has 4 rings (SSSR count). The highest BCUT2D eigenvalue weighted by Crippen LogP contribution is 2.17. The average molecular weight is 357 g/mol. The second kappa shape index (κ2) is 7.70. The number of aromatic amines is 1. The normalized spacial score (nSPS) is 10.7. The van der Waals surface area contributed by atoms with E-state index in [0.29, 0.717) is 18.1 Å². The van der Waals surface area contributed by atoms with Crippen LogP contribution in [0.3, 0.4) is 0 Å². The molecule has 6 heteroatoms. The topological polar surface area (TPSA) is 82.7 Å². The van der Waals surface area contributed by atoms with Crippen molar-refractivity contribution in [2.75, 3.05) is 11.9 Å². The zero-order valence-electron chi connectivity index (χ0n) is 14.6. The predicted molar refractivity (Wildman–Crippen MR) is 106 cm³/mol. The molecule has 0 bridgehead atoms. The molecule has 27 heavy (non-hydrogen) atoms. The standard InChI is InChI=1S/C21H19N5O/c27-21(22-11-10-15-12-23-18-9-5-4-8-17(15)18)19-13-25-20(14-24-19)26-16-6-2-1-3-7-16/h1-9,12-14,23H,10-11H2,(H,22,27)(H,25,26). The highest BCUT2D eigenvalue weighted by atomic mass is 16.1. The van der Waals surface area contributed by atoms with Crippen LogP contribution in [0.4, 0.5) is 11.5 Å². The summed E-state index contributed by atoms with van der Waals surface area (Å²) >= 11 is 0. The molecule has 0 fully saturated rings. The first-order valence-corrected chi connectivity index (χ1v) is 8.77. The van der Waals surface area contributed by atoms with Gasteiger partial charge in [-0.2, -0.15) is 0 Å². The summed E-state index contributed by atoms with van der Waals surface area (Å²) in [5, 5.41) is 7.22. The number of amides is 1. The Labute approximate surface area is 156 Å². The summed E-state index contributed by atoms with van der Waals surface area (Å²) in [6.45, 7) is 0.534. The maximum Gasteiger partial charge on any atom is 0.271 e. The first-order chi connectivity index (χ1) is 13.3. The van der Waals surface area contributed by atoms with Gasteiger partial charge in [0.2, 0.25) is 0 Å². The van der Waals surface area contributed by atoms with Crippen LogP contribution >= 0.6 is 0 Å². The molecule has 0 radical (unpaired) electrons. The zero-order chi connectivity index (χ0) is 18.5. The Morgan fingerprint density at radius 1 is 0.963 bits per heavy atom. The van der Waals surface area contributed by atoms with E-state index in [1.54, 1.807) is 6.20 Å². The Morgan fingerprint density at radius 2 is 1.78 bits per heavy atom. The molecule has 0 aliphatic heterocycles. The van der Waals surface area contributed by atoms with E-state index in [-0.39, 0.29) is 5.91 Å². The van der Waals surface area contributed by atoms with E-state index >= 15 is 0 Å². The Bertz CT molecular complexity index is 1040. The number of aromatic nitrogens is 3. The third-order valence-corrected chi connectivity index (χ3v) is 4.29. The minimum atomic E-state index is -0.228. The van der Waals surface area contributed by atoms with Crippen LogP contribution in [0, 0.1) is 0 Å². The molecular formula is C21H19N5O. The summed E-state index contributed by atoms with van der Waals surface area (Å²) in [4.78, 5) is 24.0. The monoisotopic (exact) mass is 357 g/mol. The van der Waals surface area contributed by atoms with Gasteiger partial charge in [-0.05, 0) is 30.2 Å². The van der Waals surface area contributed by atoms with Gasteiger partial charge in [0.15, 0.2) is 0 Å². The van der Waals surface area contributed by atoms with Gasteiger partial charge >= 0.3 is 0 Å². The minimum absolute atomic E-state index is 0.228. The molecule has 0 unspecified atom stereocenters. The summed E-state index contributed by atoms with van der Waals surface area (Å²) in [6, 6.07) is 17.8. The van der Waals surface area contributed by atoms with Crippen molar-refractivity contribution in [3.63, 3.8) is 0 Å². The number of nitrogens with one attached hydrogen (secondary N) is 3. The Balaban J connectivity index is 1.33. The van der Waals surface area contributed by atoms with E-state index in [1.165, 1.54) is 17.1 Å². The number of hydrogen-bond donors (Lipinski definition) is 3. The molecule has 0 atom stereocenters. The number of fused-ring (bicyclic) bond motifs is 1. The number of benzene rings is 2. The van der Waals surface area contributed by atoms with Gasteiger partial charge in [-0.1, -0.05) is 36.4 Å². The molecule has 0 saturated carbocycles. The van der Waals surface area contributed by atoms with Crippen molar-refractivity contribution in [1.82, 2.24) is 20.3 Å². The van der Waals surface area contributed by atoms with Crippen molar-refractivity contribution in [3.8, 4) is 0 Å². The molecule has 0 aliphatic rings. The number of para-hydroxylation sites is 2. The molecule has 2 aromatic carbocycles. The fourth-order valence-electron chi connectivity index (χ4n) is 2.92. The number of carbonyl (C=O) groups excluding carboxylic acids is 1. The first kappa shape index (κ1) is 16.8. The highest BCUT2D eigenvalue weighted by Gasteiger charge is 2.09. The maximum absolute atomic E-state index is 12.3. The minimum Gasteiger partial charge on any atom is -0.361 e. The summed E-state index contributed by atoms with van der Waals surface area (Å²) in [6.07, 6.45) is 5.77. The largest absolute Gasteiger partial charge is 0.361 e. The average Bonchev–Trinajstić information content (AvgIpc) is 3.12. The van der Waals surface area contributed by atoms with Crippen molar-refractivity contribution in [2.24, 2.45) is 0 Å². The zero-order valence-corrected chi connectivity index (χ0v) is 14.6. The van der Waals surface area contributed by atoms with Gasteiger partial charge in [0.1, 0.15) is 11.5 Å². The Hall–Kier alpha value is -3.67. The van der Waals surface area contributed by atoms with E-state index in [1.807, 2.05) is 54.7 Å². The molecule has 4 aromatic rings. The van der Waals surface area contributed by atoms with Crippen LogP contribution < -0.4 is 10.6 Å². The lowest BCUT2D eigenvalue weighted by molar-refractivity contribution is 0.0949. The highest BCUT2D eigenvalue weighted by molar-refractivity contribution is 5.92. The van der Waals surface area contributed by atoms with Crippen LogP contribution in [0.15, 0.2) is 73.2 Å². The van der Waals surface area contributed by atoms with Crippen molar-refractivity contribution in [3.05, 3.63) is 84.4 Å². The van der Waals surface area contributed by atoms with Crippen molar-refractivity contribution in [1.29, 1.82) is 0 Å². The van der Waals surface area contributed by atoms with Gasteiger partial charge in [-0.15, -0.1) is 0 Å². The summed E-state index contributed by atoms with van der Waals surface area (Å²) in [7, 11) is 0. The van der Waals surface area contributed by atoms with Crippen molar-refractivity contribution < 1.29 is 4.79 Å². The Morgan fingerprint density at radius 3 is 2.59 bits per heavy atom. The van der Waals surface area contributed by atoms with Crippen molar-refractivity contribution in [2.45, 2.75) is 6.42 Å². The van der Waals surface area contributed by atoms with Gasteiger partial charge < -0.3 is 15.6 Å². The van der Waals surface area contributed by atoms with Crippen LogP contribution in [0.5, 0.6) is 0 Å². The fourth-order valence-corrected chi connectivity index (χ4v) is 2.92. The van der Waals surface area contributed by atoms with E-state index in [0.717, 1.165) is 17.6 Å². The third kappa shape index (κ3) is 3.95. The van der Waals surface area contributed by atoms with Crippen LogP contribution in [-0.4, -0.2) is 27.4 Å². The van der Waals surface area contributed by atoms with Crippen molar-refractivity contribution >= 4 is 28.3 Å². The fraction of sp³-hybridized carbons (Fsp3) is 0.0952. The van der Waals surface area contributed by atoms with Gasteiger partial charge in [0.05, 0.1) is 12.4 Å². The van der Waals surface area contributed by atoms with Crippen LogP contribution in [0.1, 0.15) is 16.1 Å². The lowest BCUT2D eigenvalue weighted by Crippen LogP contribution is -2.26. The second-order valence-corrected chi connectivity index (χ2v) is 6.14. The van der Waals surface area contributed by atoms with E-state index in [4.69, 9.17) is 0 Å². The van der Waals surface area contributed by atoms with Gasteiger partial charge in [0.25, 0.3) is 5.91 Å². The quantitative estimate of drug-likeness (QED) is 0.492. The van der Waals surface area contributed by atoms with E-state index in [2.05, 4.69) is 31.7 Å². The summed E-state index contributed by atoms with van der Waals surface area (Å²) in [5.74, 6) is 0.366. The molecule has 0 aliphatic carbocycles. The predicted octanol–water partition coefficient (Wildman–Crippen LogP) is 3.67. The Kier molecular flexibility index (Phi) is 4.78. The van der Waals surface area contributed by atoms with E-state index in [9.17, 15) is 4.79 Å². The summed E-state index contributed by atoms with van der Waals surface area (Å²) < 4.78 is 0. The summed E-state index contributed by atoms with van der Waals surface area (Å²) in [5.41, 5.74) is 3.50. The molecular weight excluding hydrogens is 338 g/mol. The van der Waals surface area contributed by atoms with Gasteiger partial charge in [-0.25, -0.2) is 9.97 Å². The molecule has 6 nitrogen and oxygen atoms in total.